The van der Waals surface area contributed by atoms with Crippen LogP contribution in [-0.4, -0.2) is 54.0 Å². The molecule has 4 aromatic rings. The lowest BCUT2D eigenvalue weighted by molar-refractivity contribution is -0.0533. The molecule has 0 spiro atoms. The van der Waals surface area contributed by atoms with Crippen LogP contribution in [0.5, 0.6) is 17.5 Å². The third kappa shape index (κ3) is 4.51. The topological polar surface area (TPSA) is 133 Å². The van der Waals surface area contributed by atoms with Crippen molar-refractivity contribution in [3.05, 3.63) is 42.4 Å². The van der Waals surface area contributed by atoms with Crippen LogP contribution < -0.4 is 18.9 Å². The van der Waals surface area contributed by atoms with Crippen LogP contribution in [0, 0.1) is 0 Å². The molecule has 0 amide bonds. The maximum atomic E-state index is 13.6. The molecule has 0 atom stereocenters. The Morgan fingerprint density at radius 2 is 1.80 bits per heavy atom. The minimum atomic E-state index is -4.42. The second kappa shape index (κ2) is 9.28. The molecule has 11 nitrogen and oxygen atoms in total. The van der Waals surface area contributed by atoms with Gasteiger partial charge >= 0.3 is 6.61 Å². The first kappa shape index (κ1) is 24.1. The molecule has 0 aliphatic heterocycles. The van der Waals surface area contributed by atoms with Crippen LogP contribution in [0.15, 0.2) is 41.7 Å². The van der Waals surface area contributed by atoms with Crippen LogP contribution in [0.1, 0.15) is 14.8 Å². The molecule has 35 heavy (non-hydrogen) atoms. The highest BCUT2D eigenvalue weighted by Gasteiger charge is 2.27. The molecule has 190 valence electrons. The van der Waals surface area contributed by atoms with E-state index in [1.165, 1.54) is 29.2 Å². The second-order valence-corrected chi connectivity index (χ2v) is 8.36. The SMILES string of the molecule is COc1nc(NS(=O)(=O)c2c[nH]c3c(-n4cccn4)c(C(F)F)ccc23)nc(OC)c1OC(F)F.[HH].[HH]. The molecule has 1 aromatic carbocycles. The van der Waals surface area contributed by atoms with Crippen molar-refractivity contribution in [2.75, 3.05) is 18.9 Å². The summed E-state index contributed by atoms with van der Waals surface area (Å²) in [6, 6.07) is 3.84. The van der Waals surface area contributed by atoms with E-state index >= 15 is 0 Å². The lowest BCUT2D eigenvalue weighted by Gasteiger charge is -2.14. The van der Waals surface area contributed by atoms with E-state index in [1.807, 2.05) is 0 Å². The number of hydrogen-bond acceptors (Lipinski definition) is 8. The van der Waals surface area contributed by atoms with Crippen molar-refractivity contribution in [3.8, 4) is 23.2 Å². The summed E-state index contributed by atoms with van der Waals surface area (Å²) < 4.78 is 96.3. The molecule has 16 heteroatoms. The molecular formula is C19H20F4N6O5S. The fraction of sp³-hybridized carbons (Fsp3) is 0.211. The molecule has 0 bridgehead atoms. The van der Waals surface area contributed by atoms with Gasteiger partial charge in [0, 0.05) is 32.4 Å². The smallest absolute Gasteiger partial charge is 0.387 e. The molecule has 0 saturated heterocycles. The fourth-order valence-electron chi connectivity index (χ4n) is 3.32. The van der Waals surface area contributed by atoms with E-state index in [9.17, 15) is 26.0 Å². The van der Waals surface area contributed by atoms with Crippen LogP contribution >= 0.6 is 0 Å². The second-order valence-electron chi connectivity index (χ2n) is 6.71. The number of alkyl halides is 4. The Morgan fingerprint density at radius 1 is 1.11 bits per heavy atom. The molecule has 0 radical (unpaired) electrons. The van der Waals surface area contributed by atoms with Crippen LogP contribution in [0.4, 0.5) is 23.5 Å². The zero-order chi connectivity index (χ0) is 25.3. The van der Waals surface area contributed by atoms with E-state index < -0.39 is 46.5 Å². The van der Waals surface area contributed by atoms with Gasteiger partial charge in [0.25, 0.3) is 28.2 Å². The van der Waals surface area contributed by atoms with Crippen molar-refractivity contribution in [1.29, 1.82) is 0 Å². The quantitative estimate of drug-likeness (QED) is 0.317. The van der Waals surface area contributed by atoms with E-state index in [4.69, 9.17) is 9.47 Å². The molecule has 0 saturated carbocycles. The number of sulfonamides is 1. The maximum Gasteiger partial charge on any atom is 0.387 e. The Labute approximate surface area is 197 Å². The first-order chi connectivity index (χ1) is 16.7. The van der Waals surface area contributed by atoms with Crippen LogP contribution in [0.2, 0.25) is 0 Å². The highest BCUT2D eigenvalue weighted by atomic mass is 32.2. The number of rotatable bonds is 9. The van der Waals surface area contributed by atoms with E-state index in [-0.39, 0.29) is 29.9 Å². The van der Waals surface area contributed by atoms with Gasteiger partial charge in [0.2, 0.25) is 11.7 Å². The van der Waals surface area contributed by atoms with E-state index in [0.717, 1.165) is 26.5 Å². The normalized spacial score (nSPS) is 11.9. The number of hydrogen-bond donors (Lipinski definition) is 2. The lowest BCUT2D eigenvalue weighted by atomic mass is 10.1. The molecule has 0 aliphatic rings. The summed E-state index contributed by atoms with van der Waals surface area (Å²) in [6.07, 6.45) is 1.05. The molecule has 0 aliphatic carbocycles. The fourth-order valence-corrected chi connectivity index (χ4v) is 4.43. The summed E-state index contributed by atoms with van der Waals surface area (Å²) in [5.41, 5.74) is -0.312. The largest absolute Gasteiger partial charge is 0.478 e. The minimum Gasteiger partial charge on any atom is -0.478 e. The van der Waals surface area contributed by atoms with Crippen molar-refractivity contribution >= 4 is 26.9 Å². The van der Waals surface area contributed by atoms with Gasteiger partial charge in [0.1, 0.15) is 4.90 Å². The molecule has 2 N–H and O–H groups in total. The predicted octanol–water partition coefficient (Wildman–Crippen LogP) is 3.99. The van der Waals surface area contributed by atoms with Crippen molar-refractivity contribution in [1.82, 2.24) is 24.7 Å². The molecule has 0 unspecified atom stereocenters. The van der Waals surface area contributed by atoms with Gasteiger partial charge in [-0.2, -0.15) is 23.8 Å². The molecule has 3 aromatic heterocycles. The van der Waals surface area contributed by atoms with Crippen molar-refractivity contribution < 1.29 is 43.0 Å². The van der Waals surface area contributed by atoms with Crippen LogP contribution in [0.25, 0.3) is 16.6 Å². The predicted molar refractivity (Wildman–Crippen MR) is 117 cm³/mol. The number of anilines is 1. The zero-order valence-corrected chi connectivity index (χ0v) is 18.7. The Balaban J connectivity index is 0.00000241. The van der Waals surface area contributed by atoms with Crippen molar-refractivity contribution in [2.45, 2.75) is 17.9 Å². The Bertz CT molecular complexity index is 1450. The van der Waals surface area contributed by atoms with Crippen LogP contribution in [0.3, 0.4) is 0 Å². The Kier molecular flexibility index (Phi) is 6.38. The highest BCUT2D eigenvalue weighted by molar-refractivity contribution is 7.93. The van der Waals surface area contributed by atoms with Gasteiger partial charge in [-0.15, -0.1) is 0 Å². The third-order valence-corrected chi connectivity index (χ3v) is 6.07. The number of fused-ring (bicyclic) bond motifs is 1. The average Bonchev–Trinajstić information content (AvgIpc) is 3.48. The zero-order valence-electron chi connectivity index (χ0n) is 17.9. The number of ether oxygens (including phenoxy) is 3. The van der Waals surface area contributed by atoms with Gasteiger partial charge in [-0.3, -0.25) is 0 Å². The average molecular weight is 520 g/mol. The van der Waals surface area contributed by atoms with Gasteiger partial charge in [-0.25, -0.2) is 26.6 Å². The molecular weight excluding hydrogens is 500 g/mol. The summed E-state index contributed by atoms with van der Waals surface area (Å²) in [5.74, 6) is -2.25. The Morgan fingerprint density at radius 3 is 2.34 bits per heavy atom. The van der Waals surface area contributed by atoms with Gasteiger partial charge < -0.3 is 19.2 Å². The van der Waals surface area contributed by atoms with Gasteiger partial charge in [-0.1, -0.05) is 12.1 Å². The Hall–Kier alpha value is -4.08. The van der Waals surface area contributed by atoms with E-state index in [1.54, 1.807) is 0 Å². The monoisotopic (exact) mass is 520 g/mol. The molecule has 4 rings (SSSR count). The van der Waals surface area contributed by atoms with Gasteiger partial charge in [0.05, 0.1) is 25.4 Å². The summed E-state index contributed by atoms with van der Waals surface area (Å²) >= 11 is 0. The minimum absolute atomic E-state index is 0. The number of methoxy groups -OCH3 is 2. The lowest BCUT2D eigenvalue weighted by Crippen LogP contribution is -2.16. The highest BCUT2D eigenvalue weighted by Crippen LogP contribution is 2.38. The van der Waals surface area contributed by atoms with E-state index in [2.05, 4.69) is 29.5 Å². The number of nitrogens with zero attached hydrogens (tertiary/aromatic N) is 4. The van der Waals surface area contributed by atoms with Crippen molar-refractivity contribution in [3.63, 3.8) is 0 Å². The number of benzene rings is 1. The maximum absolute atomic E-state index is 13.6. The first-order valence-corrected chi connectivity index (χ1v) is 11.0. The number of aromatic nitrogens is 5. The van der Waals surface area contributed by atoms with Gasteiger partial charge in [0.15, 0.2) is 0 Å². The standard InChI is InChI=1S/C19H16F4N6O5S.2H2/c1-32-16-14(34-18(22)23)17(33-2)27-19(26-16)28-35(30,31)11-8-24-12-9(11)4-5-10(15(20)21)13(12)29-7-3-6-25-29;;/h3-8,15,18,24H,1-2H3,(H,26,27,28);2*1H. The summed E-state index contributed by atoms with van der Waals surface area (Å²) in [6.45, 7) is -3.25. The first-order valence-electron chi connectivity index (χ1n) is 9.56. The van der Waals surface area contributed by atoms with E-state index in [0.29, 0.717) is 0 Å². The third-order valence-electron chi connectivity index (χ3n) is 4.70. The number of nitrogens with one attached hydrogen (secondary N) is 2. The summed E-state index contributed by atoms with van der Waals surface area (Å²) in [4.78, 5) is 9.85. The number of H-pyrrole nitrogens is 1. The summed E-state index contributed by atoms with van der Waals surface area (Å²) in [7, 11) is -2.24. The van der Waals surface area contributed by atoms with Crippen LogP contribution in [-0.2, 0) is 10.0 Å². The number of aromatic amines is 1. The summed E-state index contributed by atoms with van der Waals surface area (Å²) in [5, 5.41) is 4.04. The van der Waals surface area contributed by atoms with Gasteiger partial charge in [-0.05, 0) is 6.07 Å². The van der Waals surface area contributed by atoms with Crippen molar-refractivity contribution in [2.24, 2.45) is 0 Å². The molecule has 0 fully saturated rings. The number of halogens is 4. The molecule has 3 heterocycles.